The lowest BCUT2D eigenvalue weighted by Crippen LogP contribution is -2.07. The van der Waals surface area contributed by atoms with Gasteiger partial charge in [-0.1, -0.05) is 12.2 Å². The van der Waals surface area contributed by atoms with E-state index in [4.69, 9.17) is 0 Å². The van der Waals surface area contributed by atoms with Gasteiger partial charge in [0.2, 0.25) is 0 Å². The summed E-state index contributed by atoms with van der Waals surface area (Å²) in [6.45, 7) is 1.87. The van der Waals surface area contributed by atoms with Crippen molar-refractivity contribution < 1.29 is 9.85 Å². The number of allylic oxidation sites excluding steroid dienone is 4. The van der Waals surface area contributed by atoms with E-state index in [0.29, 0.717) is 5.71 Å². The van der Waals surface area contributed by atoms with Gasteiger partial charge in [0.1, 0.15) is 5.69 Å². The lowest BCUT2D eigenvalue weighted by Gasteiger charge is -2.13. The number of benzene rings is 1. The number of nitro groups is 2. The van der Waals surface area contributed by atoms with Gasteiger partial charge < -0.3 is 0 Å². The Balaban J connectivity index is 2.32. The smallest absolute Gasteiger partial charge is 0.271 e. The Kier molecular flexibility index (Phi) is 5.78. The van der Waals surface area contributed by atoms with Gasteiger partial charge >= 0.3 is 5.69 Å². The van der Waals surface area contributed by atoms with Gasteiger partial charge in [-0.15, -0.1) is 0 Å². The SMILES string of the molecule is C/C=C/C(=N/Nc1ccc([N+](=O)[O-])cc1[N+](=O)[O-])C1=CCCCC1. The third-order valence-electron chi connectivity index (χ3n) is 3.63. The average Bonchev–Trinajstić information content (AvgIpc) is 2.59. The zero-order valence-electron chi connectivity index (χ0n) is 13.3. The summed E-state index contributed by atoms with van der Waals surface area (Å²) >= 11 is 0. The van der Waals surface area contributed by atoms with Crippen LogP contribution in [0.25, 0.3) is 0 Å². The highest BCUT2D eigenvalue weighted by Gasteiger charge is 2.19. The molecular weight excluding hydrogens is 312 g/mol. The van der Waals surface area contributed by atoms with Crippen LogP contribution in [0, 0.1) is 20.2 Å². The Bertz CT molecular complexity index is 738. The predicted octanol–water partition coefficient (Wildman–Crippen LogP) is 4.35. The number of rotatable bonds is 6. The van der Waals surface area contributed by atoms with Crippen molar-refractivity contribution in [3.8, 4) is 0 Å². The highest BCUT2D eigenvalue weighted by Crippen LogP contribution is 2.29. The maximum Gasteiger partial charge on any atom is 0.301 e. The molecule has 0 saturated heterocycles. The van der Waals surface area contributed by atoms with E-state index in [-0.39, 0.29) is 17.1 Å². The van der Waals surface area contributed by atoms with Gasteiger partial charge in [-0.3, -0.25) is 25.7 Å². The molecule has 0 aromatic heterocycles. The standard InChI is InChI=1S/C16H18N4O4/c1-2-6-14(12-7-4-3-5-8-12)17-18-15-10-9-13(19(21)22)11-16(15)20(23)24/h2,6-7,9-11,18H,3-5,8H2,1H3/b6-2+,17-14-. The summed E-state index contributed by atoms with van der Waals surface area (Å²) in [4.78, 5) is 20.6. The fourth-order valence-corrected chi connectivity index (χ4v) is 2.44. The number of hydrazone groups is 1. The minimum absolute atomic E-state index is 0.115. The van der Waals surface area contributed by atoms with Crippen molar-refractivity contribution >= 4 is 22.8 Å². The molecule has 0 aliphatic heterocycles. The molecule has 8 nitrogen and oxygen atoms in total. The number of hydrogen-bond donors (Lipinski definition) is 1. The van der Waals surface area contributed by atoms with Crippen LogP contribution in [0.5, 0.6) is 0 Å². The van der Waals surface area contributed by atoms with Crippen molar-refractivity contribution in [2.45, 2.75) is 32.6 Å². The molecule has 0 saturated carbocycles. The predicted molar refractivity (Wildman–Crippen MR) is 92.2 cm³/mol. The van der Waals surface area contributed by atoms with Crippen LogP contribution < -0.4 is 5.43 Å². The Labute approximate surface area is 138 Å². The fourth-order valence-electron chi connectivity index (χ4n) is 2.44. The Morgan fingerprint density at radius 1 is 1.25 bits per heavy atom. The third-order valence-corrected chi connectivity index (χ3v) is 3.63. The summed E-state index contributed by atoms with van der Waals surface area (Å²) in [6, 6.07) is 3.43. The van der Waals surface area contributed by atoms with Gasteiger partial charge in [-0.2, -0.15) is 5.10 Å². The summed E-state index contributed by atoms with van der Waals surface area (Å²) < 4.78 is 0. The first-order valence-corrected chi connectivity index (χ1v) is 7.61. The first kappa shape index (κ1) is 17.3. The van der Waals surface area contributed by atoms with E-state index < -0.39 is 9.85 Å². The molecule has 24 heavy (non-hydrogen) atoms. The van der Waals surface area contributed by atoms with E-state index in [2.05, 4.69) is 16.6 Å². The Hall–Kier alpha value is -3.03. The molecule has 1 N–H and O–H groups in total. The first-order chi connectivity index (χ1) is 11.5. The topological polar surface area (TPSA) is 111 Å². The van der Waals surface area contributed by atoms with Crippen LogP contribution in [0.2, 0.25) is 0 Å². The van der Waals surface area contributed by atoms with E-state index in [1.807, 2.05) is 19.1 Å². The minimum Gasteiger partial charge on any atom is -0.271 e. The van der Waals surface area contributed by atoms with E-state index in [9.17, 15) is 20.2 Å². The maximum absolute atomic E-state index is 11.1. The second-order valence-corrected chi connectivity index (χ2v) is 5.30. The quantitative estimate of drug-likeness (QED) is 0.473. The van der Waals surface area contributed by atoms with Crippen molar-refractivity contribution in [1.82, 2.24) is 0 Å². The zero-order valence-corrected chi connectivity index (χ0v) is 13.3. The van der Waals surface area contributed by atoms with Crippen LogP contribution in [0.3, 0.4) is 0 Å². The molecule has 0 fully saturated rings. The number of nitrogens with one attached hydrogen (secondary N) is 1. The lowest BCUT2D eigenvalue weighted by atomic mass is 9.96. The number of hydrogen-bond acceptors (Lipinski definition) is 6. The molecule has 8 heteroatoms. The van der Waals surface area contributed by atoms with Crippen molar-refractivity contribution in [2.24, 2.45) is 5.10 Å². The molecule has 0 heterocycles. The fraction of sp³-hybridized carbons (Fsp3) is 0.312. The molecule has 0 bridgehead atoms. The third kappa shape index (κ3) is 4.25. The molecule has 0 radical (unpaired) electrons. The molecule has 1 aromatic rings. The van der Waals surface area contributed by atoms with Gasteiger partial charge in [0, 0.05) is 6.07 Å². The van der Waals surface area contributed by atoms with Gasteiger partial charge in [0.25, 0.3) is 5.69 Å². The number of nitro benzene ring substituents is 2. The number of non-ortho nitro benzene ring substituents is 1. The monoisotopic (exact) mass is 330 g/mol. The van der Waals surface area contributed by atoms with Crippen LogP contribution in [0.15, 0.2) is 47.1 Å². The normalized spacial score (nSPS) is 15.2. The largest absolute Gasteiger partial charge is 0.301 e. The van der Waals surface area contributed by atoms with Crippen LogP contribution >= 0.6 is 0 Å². The van der Waals surface area contributed by atoms with E-state index >= 15 is 0 Å². The second kappa shape index (κ2) is 8.00. The van der Waals surface area contributed by atoms with Crippen LogP contribution in [0.1, 0.15) is 32.6 Å². The molecular formula is C16H18N4O4. The molecule has 0 unspecified atom stereocenters. The molecule has 126 valence electrons. The summed E-state index contributed by atoms with van der Waals surface area (Å²) in [5, 5.41) is 26.2. The van der Waals surface area contributed by atoms with Gasteiger partial charge in [-0.05, 0) is 50.3 Å². The average molecular weight is 330 g/mol. The highest BCUT2D eigenvalue weighted by molar-refractivity contribution is 6.08. The van der Waals surface area contributed by atoms with Crippen LogP contribution in [0.4, 0.5) is 17.1 Å². The van der Waals surface area contributed by atoms with Gasteiger partial charge in [0.05, 0.1) is 21.6 Å². The Morgan fingerprint density at radius 2 is 2.04 bits per heavy atom. The second-order valence-electron chi connectivity index (χ2n) is 5.30. The first-order valence-electron chi connectivity index (χ1n) is 7.61. The Morgan fingerprint density at radius 3 is 2.62 bits per heavy atom. The van der Waals surface area contributed by atoms with E-state index in [0.717, 1.165) is 37.3 Å². The molecule has 1 aliphatic rings. The maximum atomic E-state index is 11.1. The molecule has 1 aromatic carbocycles. The van der Waals surface area contributed by atoms with Crippen molar-refractivity contribution in [3.63, 3.8) is 0 Å². The molecule has 0 spiro atoms. The molecule has 0 atom stereocenters. The lowest BCUT2D eigenvalue weighted by molar-refractivity contribution is -0.393. The summed E-state index contributed by atoms with van der Waals surface area (Å²) in [7, 11) is 0. The highest BCUT2D eigenvalue weighted by atomic mass is 16.6. The summed E-state index contributed by atoms with van der Waals surface area (Å²) in [5.74, 6) is 0. The number of anilines is 1. The van der Waals surface area contributed by atoms with Crippen molar-refractivity contribution in [2.75, 3.05) is 5.43 Å². The number of nitrogens with zero attached hydrogens (tertiary/aromatic N) is 3. The molecule has 0 amide bonds. The minimum atomic E-state index is -0.669. The zero-order chi connectivity index (χ0) is 17.5. The van der Waals surface area contributed by atoms with Crippen LogP contribution in [-0.4, -0.2) is 15.6 Å². The molecule has 1 aliphatic carbocycles. The van der Waals surface area contributed by atoms with Crippen LogP contribution in [-0.2, 0) is 0 Å². The molecule has 2 rings (SSSR count). The summed E-state index contributed by atoms with van der Waals surface area (Å²) in [6.07, 6.45) is 9.93. The van der Waals surface area contributed by atoms with E-state index in [1.165, 1.54) is 12.1 Å². The van der Waals surface area contributed by atoms with Gasteiger partial charge in [0.15, 0.2) is 0 Å². The van der Waals surface area contributed by atoms with Crippen molar-refractivity contribution in [3.05, 3.63) is 62.2 Å². The summed E-state index contributed by atoms with van der Waals surface area (Å²) in [5.41, 5.74) is 3.88. The van der Waals surface area contributed by atoms with Gasteiger partial charge in [-0.25, -0.2) is 0 Å². The van der Waals surface area contributed by atoms with Crippen molar-refractivity contribution in [1.29, 1.82) is 0 Å². The van der Waals surface area contributed by atoms with E-state index in [1.54, 1.807) is 0 Å².